The van der Waals surface area contributed by atoms with E-state index in [9.17, 15) is 0 Å². The standard InChI is InChI=1S/C12H14N2O2S/c1-3-15-10-5-8-9(6-11(10)16-4-2)13-7-14-12(8)17/h5-7H,3-4H2,1-2H3,(H,13,14,17). The molecule has 0 aliphatic rings. The Hall–Kier alpha value is -1.62. The third-order valence-electron chi connectivity index (χ3n) is 2.32. The normalized spacial score (nSPS) is 10.5. The van der Waals surface area contributed by atoms with Crippen molar-refractivity contribution in [2.24, 2.45) is 0 Å². The van der Waals surface area contributed by atoms with Gasteiger partial charge in [0.15, 0.2) is 11.5 Å². The highest BCUT2D eigenvalue weighted by Gasteiger charge is 2.08. The van der Waals surface area contributed by atoms with Crippen molar-refractivity contribution < 1.29 is 9.47 Å². The molecule has 4 nitrogen and oxygen atoms in total. The molecule has 0 fully saturated rings. The molecule has 0 unspecified atom stereocenters. The predicted octanol–water partition coefficient (Wildman–Crippen LogP) is 3.09. The smallest absolute Gasteiger partial charge is 0.163 e. The van der Waals surface area contributed by atoms with E-state index in [2.05, 4.69) is 9.97 Å². The number of nitrogens with zero attached hydrogens (tertiary/aromatic N) is 1. The van der Waals surface area contributed by atoms with Crippen molar-refractivity contribution in [2.45, 2.75) is 13.8 Å². The van der Waals surface area contributed by atoms with Crippen LogP contribution in [0.25, 0.3) is 10.9 Å². The zero-order valence-electron chi connectivity index (χ0n) is 9.82. The number of ether oxygens (including phenoxy) is 2. The summed E-state index contributed by atoms with van der Waals surface area (Å²) in [5, 5.41) is 0.870. The molecule has 2 rings (SSSR count). The number of hydrogen-bond acceptors (Lipinski definition) is 4. The summed E-state index contributed by atoms with van der Waals surface area (Å²) in [4.78, 5) is 7.09. The SMILES string of the molecule is CCOc1cc2[nH]cnc(=S)c2cc1OCC. The van der Waals surface area contributed by atoms with E-state index in [0.29, 0.717) is 23.6 Å². The highest BCUT2D eigenvalue weighted by molar-refractivity contribution is 7.71. The van der Waals surface area contributed by atoms with Crippen LogP contribution in [0.2, 0.25) is 0 Å². The maximum atomic E-state index is 5.54. The van der Waals surface area contributed by atoms with E-state index >= 15 is 0 Å². The van der Waals surface area contributed by atoms with Crippen LogP contribution in [-0.2, 0) is 0 Å². The van der Waals surface area contributed by atoms with Crippen LogP contribution < -0.4 is 9.47 Å². The first-order chi connectivity index (χ1) is 8.26. The lowest BCUT2D eigenvalue weighted by Crippen LogP contribution is -1.99. The van der Waals surface area contributed by atoms with Gasteiger partial charge in [-0.2, -0.15) is 0 Å². The Balaban J connectivity index is 2.63. The van der Waals surface area contributed by atoms with Crippen molar-refractivity contribution in [1.29, 1.82) is 0 Å². The van der Waals surface area contributed by atoms with Crippen LogP contribution in [0.3, 0.4) is 0 Å². The van der Waals surface area contributed by atoms with Crippen LogP contribution in [0, 0.1) is 4.64 Å². The van der Waals surface area contributed by atoms with Crippen molar-refractivity contribution in [3.05, 3.63) is 23.1 Å². The molecule has 0 aliphatic carbocycles. The first kappa shape index (κ1) is 11.9. The van der Waals surface area contributed by atoms with Crippen LogP contribution in [0.15, 0.2) is 18.5 Å². The Labute approximate surface area is 105 Å². The molecular weight excluding hydrogens is 236 g/mol. The molecular formula is C12H14N2O2S. The molecule has 90 valence electrons. The fourth-order valence-electron chi connectivity index (χ4n) is 1.62. The van der Waals surface area contributed by atoms with Gasteiger partial charge in [-0.05, 0) is 19.9 Å². The third-order valence-corrected chi connectivity index (χ3v) is 2.64. The van der Waals surface area contributed by atoms with Gasteiger partial charge in [0.1, 0.15) is 4.64 Å². The van der Waals surface area contributed by atoms with Gasteiger partial charge in [-0.25, -0.2) is 4.98 Å². The maximum absolute atomic E-state index is 5.54. The number of nitrogens with one attached hydrogen (secondary N) is 1. The van der Waals surface area contributed by atoms with Gasteiger partial charge in [-0.15, -0.1) is 0 Å². The average molecular weight is 250 g/mol. The Kier molecular flexibility index (Phi) is 3.58. The molecule has 1 heterocycles. The molecule has 0 saturated carbocycles. The number of benzene rings is 1. The van der Waals surface area contributed by atoms with Crippen LogP contribution in [0.4, 0.5) is 0 Å². The van der Waals surface area contributed by atoms with Crippen molar-refractivity contribution in [2.75, 3.05) is 13.2 Å². The second-order valence-electron chi connectivity index (χ2n) is 3.42. The molecule has 0 spiro atoms. The number of H-pyrrole nitrogens is 1. The van der Waals surface area contributed by atoms with Gasteiger partial charge in [0.25, 0.3) is 0 Å². The molecule has 0 atom stereocenters. The van der Waals surface area contributed by atoms with Gasteiger partial charge in [0, 0.05) is 11.5 Å². The summed E-state index contributed by atoms with van der Waals surface area (Å²) in [6, 6.07) is 3.76. The molecule has 17 heavy (non-hydrogen) atoms. The van der Waals surface area contributed by atoms with Gasteiger partial charge < -0.3 is 14.5 Å². The summed E-state index contributed by atoms with van der Waals surface area (Å²) in [6.07, 6.45) is 1.58. The molecule has 1 aromatic heterocycles. The molecule has 0 amide bonds. The summed E-state index contributed by atoms with van der Waals surface area (Å²) in [5.74, 6) is 1.42. The van der Waals surface area contributed by atoms with Crippen LogP contribution in [0.1, 0.15) is 13.8 Å². The second kappa shape index (κ2) is 5.14. The Morgan fingerprint density at radius 2 is 1.82 bits per heavy atom. The van der Waals surface area contributed by atoms with Gasteiger partial charge >= 0.3 is 0 Å². The number of fused-ring (bicyclic) bond motifs is 1. The van der Waals surface area contributed by atoms with E-state index in [4.69, 9.17) is 21.7 Å². The molecule has 0 aliphatic heterocycles. The first-order valence-electron chi connectivity index (χ1n) is 5.53. The van der Waals surface area contributed by atoms with Gasteiger partial charge in [-0.1, -0.05) is 12.2 Å². The minimum atomic E-state index is 0.558. The van der Waals surface area contributed by atoms with Crippen molar-refractivity contribution >= 4 is 23.1 Å². The summed E-state index contributed by atoms with van der Waals surface area (Å²) >= 11 is 5.18. The number of aromatic nitrogens is 2. The van der Waals surface area contributed by atoms with E-state index in [1.54, 1.807) is 6.33 Å². The van der Waals surface area contributed by atoms with E-state index in [0.717, 1.165) is 16.7 Å². The fraction of sp³-hybridized carbons (Fsp3) is 0.333. The highest BCUT2D eigenvalue weighted by atomic mass is 32.1. The Morgan fingerprint density at radius 1 is 1.18 bits per heavy atom. The largest absolute Gasteiger partial charge is 0.490 e. The lowest BCUT2D eigenvalue weighted by atomic mass is 10.2. The van der Waals surface area contributed by atoms with E-state index < -0.39 is 0 Å². The molecule has 2 aromatic rings. The monoisotopic (exact) mass is 250 g/mol. The van der Waals surface area contributed by atoms with Crippen molar-refractivity contribution in [3.63, 3.8) is 0 Å². The van der Waals surface area contributed by atoms with E-state index in [1.807, 2.05) is 26.0 Å². The van der Waals surface area contributed by atoms with Gasteiger partial charge in [-0.3, -0.25) is 0 Å². The van der Waals surface area contributed by atoms with Crippen LogP contribution in [0.5, 0.6) is 11.5 Å². The Bertz CT molecular complexity index is 580. The number of aromatic amines is 1. The summed E-state index contributed by atoms with van der Waals surface area (Å²) < 4.78 is 11.6. The second-order valence-corrected chi connectivity index (χ2v) is 3.80. The molecule has 0 saturated heterocycles. The summed E-state index contributed by atoms with van der Waals surface area (Å²) in [7, 11) is 0. The van der Waals surface area contributed by atoms with Gasteiger partial charge in [0.2, 0.25) is 0 Å². The zero-order valence-corrected chi connectivity index (χ0v) is 10.6. The minimum absolute atomic E-state index is 0.558. The third kappa shape index (κ3) is 2.39. The first-order valence-corrected chi connectivity index (χ1v) is 5.94. The van der Waals surface area contributed by atoms with Gasteiger partial charge in [0.05, 0.1) is 25.1 Å². The zero-order chi connectivity index (χ0) is 12.3. The predicted molar refractivity (Wildman–Crippen MR) is 69.3 cm³/mol. The summed E-state index contributed by atoms with van der Waals surface area (Å²) in [5.41, 5.74) is 0.900. The van der Waals surface area contributed by atoms with Crippen molar-refractivity contribution in [1.82, 2.24) is 9.97 Å². The number of rotatable bonds is 4. The quantitative estimate of drug-likeness (QED) is 0.847. The van der Waals surface area contributed by atoms with E-state index in [-0.39, 0.29) is 0 Å². The number of hydrogen-bond donors (Lipinski definition) is 1. The van der Waals surface area contributed by atoms with Crippen LogP contribution >= 0.6 is 12.2 Å². The highest BCUT2D eigenvalue weighted by Crippen LogP contribution is 2.31. The van der Waals surface area contributed by atoms with Crippen LogP contribution in [-0.4, -0.2) is 23.2 Å². The summed E-state index contributed by atoms with van der Waals surface area (Å²) in [6.45, 7) is 5.05. The molecule has 0 bridgehead atoms. The lowest BCUT2D eigenvalue weighted by Gasteiger charge is -2.11. The molecule has 1 aromatic carbocycles. The topological polar surface area (TPSA) is 47.1 Å². The molecule has 5 heteroatoms. The fourth-order valence-corrected chi connectivity index (χ4v) is 1.84. The lowest BCUT2D eigenvalue weighted by molar-refractivity contribution is 0.288. The molecule has 1 N–H and O–H groups in total. The Morgan fingerprint density at radius 3 is 2.47 bits per heavy atom. The average Bonchev–Trinajstić information content (AvgIpc) is 2.32. The van der Waals surface area contributed by atoms with E-state index in [1.165, 1.54) is 0 Å². The van der Waals surface area contributed by atoms with Crippen molar-refractivity contribution in [3.8, 4) is 11.5 Å². The maximum Gasteiger partial charge on any atom is 0.163 e. The minimum Gasteiger partial charge on any atom is -0.490 e. The molecule has 0 radical (unpaired) electrons.